The summed E-state index contributed by atoms with van der Waals surface area (Å²) in [7, 11) is 1.46. The second-order valence-electron chi connectivity index (χ2n) is 7.46. The number of hydrazone groups is 1. The van der Waals surface area contributed by atoms with Gasteiger partial charge in [-0.05, 0) is 61.4 Å². The minimum atomic E-state index is -0.500. The molecule has 34 heavy (non-hydrogen) atoms. The van der Waals surface area contributed by atoms with Gasteiger partial charge in [-0.2, -0.15) is 5.10 Å². The molecule has 0 aliphatic carbocycles. The van der Waals surface area contributed by atoms with Gasteiger partial charge in [0.2, 0.25) is 0 Å². The zero-order chi connectivity index (χ0) is 24.5. The largest absolute Gasteiger partial charge is 0.493 e. The molecule has 0 aliphatic heterocycles. The van der Waals surface area contributed by atoms with Gasteiger partial charge in [0.15, 0.2) is 11.5 Å². The van der Waals surface area contributed by atoms with Crippen LogP contribution in [0.25, 0.3) is 0 Å². The Morgan fingerprint density at radius 2 is 1.68 bits per heavy atom. The highest BCUT2D eigenvalue weighted by atomic mass is 16.6. The molecule has 0 saturated carbocycles. The standard InChI is InChI=1S/C26H25N3O5/c1-17-8-11-20(12-9-17)26(32)34-22-13-10-19(14-23(22)33-3)15-28-29-24(30)16-27-25(31)21-7-5-4-6-18(21)2/h4-15H,16H2,1-3H3,(H,27,31)(H,29,30). The third-order valence-corrected chi connectivity index (χ3v) is 4.88. The van der Waals surface area contributed by atoms with Crippen LogP contribution in [-0.2, 0) is 4.79 Å². The monoisotopic (exact) mass is 459 g/mol. The summed E-state index contributed by atoms with van der Waals surface area (Å²) in [4.78, 5) is 36.5. The lowest BCUT2D eigenvalue weighted by Crippen LogP contribution is -2.35. The van der Waals surface area contributed by atoms with Crippen molar-refractivity contribution in [2.45, 2.75) is 13.8 Å². The molecule has 0 saturated heterocycles. The van der Waals surface area contributed by atoms with E-state index >= 15 is 0 Å². The quantitative estimate of drug-likeness (QED) is 0.232. The molecule has 0 fully saturated rings. The lowest BCUT2D eigenvalue weighted by molar-refractivity contribution is -0.120. The van der Waals surface area contributed by atoms with Crippen molar-refractivity contribution in [3.8, 4) is 11.5 Å². The molecule has 0 aromatic heterocycles. The van der Waals surface area contributed by atoms with E-state index in [1.807, 2.05) is 38.1 Å². The van der Waals surface area contributed by atoms with Gasteiger partial charge in [0, 0.05) is 5.56 Å². The summed E-state index contributed by atoms with van der Waals surface area (Å²) >= 11 is 0. The van der Waals surface area contributed by atoms with Crippen LogP contribution in [0.4, 0.5) is 0 Å². The molecule has 0 spiro atoms. The molecule has 8 heteroatoms. The number of carbonyl (C=O) groups is 3. The first-order valence-electron chi connectivity index (χ1n) is 10.5. The van der Waals surface area contributed by atoms with Gasteiger partial charge in [-0.15, -0.1) is 0 Å². The number of hydrogen-bond acceptors (Lipinski definition) is 6. The molecule has 2 N–H and O–H groups in total. The number of methoxy groups -OCH3 is 1. The van der Waals surface area contributed by atoms with Gasteiger partial charge >= 0.3 is 5.97 Å². The van der Waals surface area contributed by atoms with E-state index in [1.165, 1.54) is 13.3 Å². The van der Waals surface area contributed by atoms with Crippen molar-refractivity contribution in [2.75, 3.05) is 13.7 Å². The van der Waals surface area contributed by atoms with E-state index in [9.17, 15) is 14.4 Å². The average molecular weight is 460 g/mol. The fraction of sp³-hybridized carbons (Fsp3) is 0.154. The summed E-state index contributed by atoms with van der Waals surface area (Å²) < 4.78 is 10.8. The van der Waals surface area contributed by atoms with E-state index in [-0.39, 0.29) is 18.2 Å². The van der Waals surface area contributed by atoms with Crippen molar-refractivity contribution < 1.29 is 23.9 Å². The van der Waals surface area contributed by atoms with Crippen LogP contribution >= 0.6 is 0 Å². The van der Waals surface area contributed by atoms with Crippen LogP contribution in [0.2, 0.25) is 0 Å². The zero-order valence-corrected chi connectivity index (χ0v) is 19.1. The number of esters is 1. The number of ether oxygens (including phenoxy) is 2. The maximum atomic E-state index is 12.4. The molecular formula is C26H25N3O5. The van der Waals surface area contributed by atoms with Crippen LogP contribution in [0.5, 0.6) is 11.5 Å². The van der Waals surface area contributed by atoms with Gasteiger partial charge in [-0.3, -0.25) is 9.59 Å². The van der Waals surface area contributed by atoms with Crippen molar-refractivity contribution in [3.63, 3.8) is 0 Å². The molecule has 3 rings (SSSR count). The van der Waals surface area contributed by atoms with Gasteiger partial charge in [0.1, 0.15) is 0 Å². The Hall–Kier alpha value is -4.46. The number of rotatable bonds is 8. The minimum Gasteiger partial charge on any atom is -0.493 e. The van der Waals surface area contributed by atoms with E-state index in [2.05, 4.69) is 15.8 Å². The second kappa shape index (κ2) is 11.4. The Kier molecular flexibility index (Phi) is 8.12. The number of nitrogens with one attached hydrogen (secondary N) is 2. The Labute approximate surface area is 197 Å². The molecule has 174 valence electrons. The van der Waals surface area contributed by atoms with Crippen LogP contribution in [0, 0.1) is 13.8 Å². The van der Waals surface area contributed by atoms with Crippen LogP contribution in [0.3, 0.4) is 0 Å². The number of hydrogen-bond donors (Lipinski definition) is 2. The molecule has 0 bridgehead atoms. The molecule has 0 atom stereocenters. The van der Waals surface area contributed by atoms with E-state index < -0.39 is 11.9 Å². The fourth-order valence-corrected chi connectivity index (χ4v) is 3.00. The van der Waals surface area contributed by atoms with Gasteiger partial charge in [0.05, 0.1) is 25.4 Å². The molecule has 3 aromatic rings. The smallest absolute Gasteiger partial charge is 0.343 e. The maximum Gasteiger partial charge on any atom is 0.343 e. The number of nitrogens with zero attached hydrogens (tertiary/aromatic N) is 1. The van der Waals surface area contributed by atoms with Gasteiger partial charge in [0.25, 0.3) is 11.8 Å². The summed E-state index contributed by atoms with van der Waals surface area (Å²) in [5.74, 6) is -0.722. The summed E-state index contributed by atoms with van der Waals surface area (Å²) in [5, 5.41) is 6.45. The van der Waals surface area contributed by atoms with E-state index in [1.54, 1.807) is 42.5 Å². The summed E-state index contributed by atoms with van der Waals surface area (Å²) in [6, 6.07) is 19.0. The Bertz CT molecular complexity index is 1220. The molecule has 0 aliphatic rings. The van der Waals surface area contributed by atoms with Crippen LogP contribution in [-0.4, -0.2) is 37.7 Å². The number of benzene rings is 3. The number of amides is 2. The highest BCUT2D eigenvalue weighted by Gasteiger charge is 2.13. The zero-order valence-electron chi connectivity index (χ0n) is 19.1. The Morgan fingerprint density at radius 1 is 0.941 bits per heavy atom. The number of aryl methyl sites for hydroxylation is 2. The normalized spacial score (nSPS) is 10.6. The van der Waals surface area contributed by atoms with Gasteiger partial charge in [-0.25, -0.2) is 10.2 Å². The topological polar surface area (TPSA) is 106 Å². The summed E-state index contributed by atoms with van der Waals surface area (Å²) in [6.45, 7) is 3.53. The lowest BCUT2D eigenvalue weighted by atomic mass is 10.1. The SMILES string of the molecule is COc1cc(C=NNC(=O)CNC(=O)c2ccccc2C)ccc1OC(=O)c1ccc(C)cc1. The van der Waals surface area contributed by atoms with Crippen molar-refractivity contribution in [3.05, 3.63) is 94.5 Å². The first-order valence-corrected chi connectivity index (χ1v) is 10.5. The molecule has 2 amide bonds. The predicted octanol–water partition coefficient (Wildman–Crippen LogP) is 3.41. The van der Waals surface area contributed by atoms with Gasteiger partial charge in [-0.1, -0.05) is 35.9 Å². The minimum absolute atomic E-state index is 0.221. The van der Waals surface area contributed by atoms with E-state index in [0.29, 0.717) is 22.4 Å². The Morgan fingerprint density at radius 3 is 2.38 bits per heavy atom. The average Bonchev–Trinajstić information content (AvgIpc) is 2.84. The number of carbonyl (C=O) groups excluding carboxylic acids is 3. The molecule has 0 unspecified atom stereocenters. The molecule has 3 aromatic carbocycles. The highest BCUT2D eigenvalue weighted by molar-refractivity contribution is 5.97. The third-order valence-electron chi connectivity index (χ3n) is 4.88. The van der Waals surface area contributed by atoms with Crippen molar-refractivity contribution in [2.24, 2.45) is 5.10 Å². The van der Waals surface area contributed by atoms with Crippen molar-refractivity contribution in [1.82, 2.24) is 10.7 Å². The lowest BCUT2D eigenvalue weighted by Gasteiger charge is -2.10. The second-order valence-corrected chi connectivity index (χ2v) is 7.46. The highest BCUT2D eigenvalue weighted by Crippen LogP contribution is 2.28. The maximum absolute atomic E-state index is 12.4. The molecule has 8 nitrogen and oxygen atoms in total. The van der Waals surface area contributed by atoms with Crippen LogP contribution in [0.15, 0.2) is 71.8 Å². The van der Waals surface area contributed by atoms with Crippen LogP contribution < -0.4 is 20.2 Å². The third kappa shape index (κ3) is 6.52. The fourth-order valence-electron chi connectivity index (χ4n) is 3.00. The predicted molar refractivity (Wildman–Crippen MR) is 128 cm³/mol. The summed E-state index contributed by atoms with van der Waals surface area (Å²) in [6.07, 6.45) is 1.41. The van der Waals surface area contributed by atoms with Crippen LogP contribution in [0.1, 0.15) is 37.4 Å². The summed E-state index contributed by atoms with van der Waals surface area (Å²) in [5.41, 5.74) is 5.76. The van der Waals surface area contributed by atoms with E-state index in [4.69, 9.17) is 9.47 Å². The van der Waals surface area contributed by atoms with Crippen molar-refractivity contribution >= 4 is 24.0 Å². The molecule has 0 radical (unpaired) electrons. The first-order chi connectivity index (χ1) is 16.4. The Balaban J connectivity index is 1.54. The van der Waals surface area contributed by atoms with Crippen molar-refractivity contribution in [1.29, 1.82) is 0 Å². The first kappa shape index (κ1) is 24.2. The van der Waals surface area contributed by atoms with Gasteiger partial charge < -0.3 is 14.8 Å². The molecular weight excluding hydrogens is 434 g/mol. The molecule has 0 heterocycles. The van der Waals surface area contributed by atoms with E-state index in [0.717, 1.165) is 11.1 Å².